The van der Waals surface area contributed by atoms with Crippen LogP contribution in [0, 0.1) is 11.7 Å². The van der Waals surface area contributed by atoms with Crippen LogP contribution in [0.5, 0.6) is 0 Å². The van der Waals surface area contributed by atoms with E-state index in [0.717, 1.165) is 24.0 Å². The number of hydrogen-bond acceptors (Lipinski definition) is 3. The number of fused-ring (bicyclic) bond motifs is 3. The van der Waals surface area contributed by atoms with Crippen LogP contribution in [0.4, 0.5) is 14.9 Å². The van der Waals surface area contributed by atoms with Gasteiger partial charge in [-0.2, -0.15) is 0 Å². The minimum Gasteiger partial charge on any atom is -0.338 e. The molecule has 1 aliphatic heterocycles. The average molecular weight is 458 g/mol. The summed E-state index contributed by atoms with van der Waals surface area (Å²) in [4.78, 5) is 40.0. The van der Waals surface area contributed by atoms with Crippen LogP contribution in [-0.2, 0) is 0 Å². The van der Waals surface area contributed by atoms with Gasteiger partial charge in [0.25, 0.3) is 5.91 Å². The number of halogens is 1. The highest BCUT2D eigenvalue weighted by Crippen LogP contribution is 2.37. The number of hydrogen-bond donors (Lipinski definition) is 2. The van der Waals surface area contributed by atoms with Gasteiger partial charge in [0.2, 0.25) is 0 Å². The molecule has 0 saturated carbocycles. The fourth-order valence-corrected chi connectivity index (χ4v) is 4.74. The number of carbonyl (C=O) groups is 3. The van der Waals surface area contributed by atoms with E-state index in [1.54, 1.807) is 23.1 Å². The smallest absolute Gasteiger partial charge is 0.319 e. The number of rotatable bonds is 4. The molecule has 0 spiro atoms. The minimum absolute atomic E-state index is 0.0507. The second-order valence-corrected chi connectivity index (χ2v) is 8.74. The van der Waals surface area contributed by atoms with Gasteiger partial charge in [0.1, 0.15) is 5.82 Å². The summed E-state index contributed by atoms with van der Waals surface area (Å²) in [6, 6.07) is 18.1. The predicted molar refractivity (Wildman–Crippen MR) is 127 cm³/mol. The van der Waals surface area contributed by atoms with E-state index >= 15 is 0 Å². The van der Waals surface area contributed by atoms with Gasteiger partial charge in [-0.25, -0.2) is 9.18 Å². The Morgan fingerprint density at radius 3 is 2.56 bits per heavy atom. The Bertz CT molecular complexity index is 1290. The maximum Gasteiger partial charge on any atom is 0.319 e. The molecule has 1 fully saturated rings. The third kappa shape index (κ3) is 4.29. The van der Waals surface area contributed by atoms with Crippen molar-refractivity contribution in [3.8, 4) is 11.1 Å². The van der Waals surface area contributed by atoms with Crippen molar-refractivity contribution in [2.45, 2.75) is 12.8 Å². The molecule has 3 aromatic carbocycles. The molecular formula is C27H24FN3O3. The third-order valence-corrected chi connectivity index (χ3v) is 6.41. The third-order valence-electron chi connectivity index (χ3n) is 6.41. The normalized spacial score (nSPS) is 16.6. The second kappa shape index (κ2) is 9.09. The predicted octanol–water partition coefficient (Wildman–Crippen LogP) is 4.71. The average Bonchev–Trinajstić information content (AvgIpc) is 3.14. The minimum atomic E-state index is -0.420. The monoisotopic (exact) mass is 457 g/mol. The Morgan fingerprint density at radius 2 is 1.74 bits per heavy atom. The number of benzene rings is 3. The molecule has 0 radical (unpaired) electrons. The summed E-state index contributed by atoms with van der Waals surface area (Å²) in [6.45, 7) is 1.56. The SMILES string of the molecule is O=C(NCC1CCCN(C(=O)c2ccc3c(c2)C(=O)c2ccccc2-3)C1)Nc1cccc(F)c1. The van der Waals surface area contributed by atoms with E-state index in [9.17, 15) is 18.8 Å². The zero-order valence-electron chi connectivity index (χ0n) is 18.5. The van der Waals surface area contributed by atoms with Gasteiger partial charge in [0, 0.05) is 42.0 Å². The van der Waals surface area contributed by atoms with E-state index in [1.165, 1.54) is 18.2 Å². The molecule has 0 bridgehead atoms. The molecular weight excluding hydrogens is 433 g/mol. The first-order valence-corrected chi connectivity index (χ1v) is 11.4. The number of amides is 3. The highest BCUT2D eigenvalue weighted by Gasteiger charge is 2.29. The van der Waals surface area contributed by atoms with Gasteiger partial charge in [0.05, 0.1) is 0 Å². The van der Waals surface area contributed by atoms with E-state index in [0.29, 0.717) is 42.0 Å². The molecule has 2 N–H and O–H groups in total. The maximum absolute atomic E-state index is 13.3. The van der Waals surface area contributed by atoms with Gasteiger partial charge in [0.15, 0.2) is 5.78 Å². The van der Waals surface area contributed by atoms with Gasteiger partial charge < -0.3 is 15.5 Å². The van der Waals surface area contributed by atoms with Crippen molar-refractivity contribution >= 4 is 23.4 Å². The lowest BCUT2D eigenvalue weighted by molar-refractivity contribution is 0.0675. The summed E-state index contributed by atoms with van der Waals surface area (Å²) in [5.74, 6) is -0.474. The molecule has 3 aromatic rings. The van der Waals surface area contributed by atoms with Crippen LogP contribution in [0.2, 0.25) is 0 Å². The topological polar surface area (TPSA) is 78.5 Å². The van der Waals surface area contributed by atoms with Crippen molar-refractivity contribution in [3.05, 3.63) is 89.2 Å². The van der Waals surface area contributed by atoms with E-state index < -0.39 is 11.8 Å². The second-order valence-electron chi connectivity index (χ2n) is 8.74. The van der Waals surface area contributed by atoms with Gasteiger partial charge in [-0.1, -0.05) is 36.4 Å². The van der Waals surface area contributed by atoms with Crippen LogP contribution in [0.3, 0.4) is 0 Å². The molecule has 1 unspecified atom stereocenters. The van der Waals surface area contributed by atoms with Gasteiger partial charge in [-0.3, -0.25) is 9.59 Å². The van der Waals surface area contributed by atoms with Crippen LogP contribution < -0.4 is 10.6 Å². The van der Waals surface area contributed by atoms with Gasteiger partial charge in [-0.05, 0) is 60.2 Å². The molecule has 1 heterocycles. The first-order chi connectivity index (χ1) is 16.5. The fourth-order valence-electron chi connectivity index (χ4n) is 4.74. The lowest BCUT2D eigenvalue weighted by Gasteiger charge is -2.33. The fraction of sp³-hybridized carbons (Fsp3) is 0.222. The molecule has 1 saturated heterocycles. The Hall–Kier alpha value is -4.00. The molecule has 2 aliphatic rings. The summed E-state index contributed by atoms with van der Waals surface area (Å²) < 4.78 is 13.3. The molecule has 7 heteroatoms. The van der Waals surface area contributed by atoms with Crippen LogP contribution in [0.1, 0.15) is 39.1 Å². The number of ketones is 1. The van der Waals surface area contributed by atoms with Crippen LogP contribution in [0.25, 0.3) is 11.1 Å². The molecule has 34 heavy (non-hydrogen) atoms. The summed E-state index contributed by atoms with van der Waals surface area (Å²) in [6.07, 6.45) is 1.72. The molecule has 172 valence electrons. The maximum atomic E-state index is 13.3. The van der Waals surface area contributed by atoms with E-state index in [2.05, 4.69) is 10.6 Å². The Labute approximate surface area is 196 Å². The summed E-state index contributed by atoms with van der Waals surface area (Å²) >= 11 is 0. The number of anilines is 1. The zero-order valence-corrected chi connectivity index (χ0v) is 18.5. The Balaban J connectivity index is 1.21. The van der Waals surface area contributed by atoms with Gasteiger partial charge >= 0.3 is 6.03 Å². The molecule has 1 atom stereocenters. The summed E-state index contributed by atoms with van der Waals surface area (Å²) in [5, 5.41) is 5.43. The molecule has 3 amide bonds. The number of carbonyl (C=O) groups excluding carboxylic acids is 3. The van der Waals surface area contributed by atoms with E-state index in [1.807, 2.05) is 30.3 Å². The number of piperidine rings is 1. The molecule has 5 rings (SSSR count). The summed E-state index contributed by atoms with van der Waals surface area (Å²) in [7, 11) is 0. The Kier molecular flexibility index (Phi) is 5.84. The number of nitrogens with one attached hydrogen (secondary N) is 2. The van der Waals surface area contributed by atoms with E-state index in [4.69, 9.17) is 0 Å². The lowest BCUT2D eigenvalue weighted by atomic mass is 9.96. The first-order valence-electron chi connectivity index (χ1n) is 11.4. The van der Waals surface area contributed by atoms with Crippen molar-refractivity contribution in [3.63, 3.8) is 0 Å². The highest BCUT2D eigenvalue weighted by atomic mass is 19.1. The molecule has 1 aliphatic carbocycles. The standard InChI is InChI=1S/C27H24FN3O3/c28-19-6-3-7-20(14-19)30-27(34)29-15-17-5-4-12-31(16-17)26(33)18-10-11-22-21-8-1-2-9-23(21)25(32)24(22)13-18/h1-3,6-11,13-14,17H,4-5,12,15-16H2,(H2,29,30,34). The quantitative estimate of drug-likeness (QED) is 0.466. The van der Waals surface area contributed by atoms with Crippen molar-refractivity contribution in [2.75, 3.05) is 25.0 Å². The molecule has 6 nitrogen and oxygen atoms in total. The first kappa shape index (κ1) is 21.8. The van der Waals surface area contributed by atoms with E-state index in [-0.39, 0.29) is 17.6 Å². The van der Waals surface area contributed by atoms with Crippen molar-refractivity contribution in [2.24, 2.45) is 5.92 Å². The summed E-state index contributed by atoms with van der Waals surface area (Å²) in [5.41, 5.74) is 3.88. The zero-order chi connectivity index (χ0) is 23.7. The van der Waals surface area contributed by atoms with Crippen LogP contribution in [-0.4, -0.2) is 42.3 Å². The van der Waals surface area contributed by atoms with Crippen molar-refractivity contribution in [1.29, 1.82) is 0 Å². The lowest BCUT2D eigenvalue weighted by Crippen LogP contribution is -2.44. The van der Waals surface area contributed by atoms with Crippen LogP contribution >= 0.6 is 0 Å². The largest absolute Gasteiger partial charge is 0.338 e. The number of nitrogens with zero attached hydrogens (tertiary/aromatic N) is 1. The Morgan fingerprint density at radius 1 is 0.941 bits per heavy atom. The number of likely N-dealkylation sites (tertiary alicyclic amines) is 1. The van der Waals surface area contributed by atoms with Crippen molar-refractivity contribution < 1.29 is 18.8 Å². The highest BCUT2D eigenvalue weighted by molar-refractivity contribution is 6.22. The molecule has 0 aromatic heterocycles. The van der Waals surface area contributed by atoms with Gasteiger partial charge in [-0.15, -0.1) is 0 Å². The number of urea groups is 1. The van der Waals surface area contributed by atoms with Crippen LogP contribution in [0.15, 0.2) is 66.7 Å². The van der Waals surface area contributed by atoms with Crippen molar-refractivity contribution in [1.82, 2.24) is 10.2 Å².